The van der Waals surface area contributed by atoms with Crippen LogP contribution in [-0.4, -0.2) is 77.3 Å². The van der Waals surface area contributed by atoms with E-state index in [0.29, 0.717) is 50.0 Å². The Morgan fingerprint density at radius 2 is 1.63 bits per heavy atom. The molecule has 216 valence electrons. The van der Waals surface area contributed by atoms with E-state index in [2.05, 4.69) is 75.8 Å². The number of carbonyl (C=O) groups is 2. The number of aromatic nitrogens is 3. The minimum atomic E-state index is -0.727. The minimum absolute atomic E-state index is 0.0397. The van der Waals surface area contributed by atoms with Crippen LogP contribution in [0.2, 0.25) is 0 Å². The second-order valence-corrected chi connectivity index (χ2v) is 11.5. The summed E-state index contributed by atoms with van der Waals surface area (Å²) in [6.07, 6.45) is 1.98. The lowest BCUT2D eigenvalue weighted by Crippen LogP contribution is -2.43. The number of benzene rings is 2. The lowest BCUT2D eigenvalue weighted by molar-refractivity contribution is 0.0303. The molecule has 0 unspecified atom stereocenters. The van der Waals surface area contributed by atoms with Gasteiger partial charge in [0.15, 0.2) is 11.5 Å². The summed E-state index contributed by atoms with van der Waals surface area (Å²) in [5.74, 6) is -0.120. The van der Waals surface area contributed by atoms with Gasteiger partial charge >= 0.3 is 0 Å². The molecule has 41 heavy (non-hydrogen) atoms. The van der Waals surface area contributed by atoms with Crippen molar-refractivity contribution >= 4 is 35.0 Å². The minimum Gasteiger partial charge on any atom is -0.381 e. The van der Waals surface area contributed by atoms with E-state index in [1.54, 1.807) is 29.2 Å². The van der Waals surface area contributed by atoms with E-state index in [1.165, 1.54) is 5.56 Å². The van der Waals surface area contributed by atoms with Crippen molar-refractivity contribution in [2.45, 2.75) is 45.1 Å². The number of primary amides is 1. The third-order valence-electron chi connectivity index (χ3n) is 7.43. The Morgan fingerprint density at radius 1 is 0.951 bits per heavy atom. The molecular formula is C30H38N8O3. The van der Waals surface area contributed by atoms with E-state index < -0.39 is 5.91 Å². The molecule has 0 bridgehead atoms. The maximum absolute atomic E-state index is 12.8. The summed E-state index contributed by atoms with van der Waals surface area (Å²) in [6, 6.07) is 15.8. The van der Waals surface area contributed by atoms with Crippen LogP contribution in [-0.2, 0) is 10.2 Å². The fourth-order valence-electron chi connectivity index (χ4n) is 5.07. The molecule has 0 saturated carbocycles. The average molecular weight is 559 g/mol. The molecule has 0 radical (unpaired) electrons. The summed E-state index contributed by atoms with van der Waals surface area (Å²) in [5.41, 5.74) is 9.23. The fraction of sp³-hybridized carbons (Fsp3) is 0.433. The van der Waals surface area contributed by atoms with Gasteiger partial charge in [-0.3, -0.25) is 9.59 Å². The number of piperidine rings is 1. The molecule has 3 aromatic rings. The van der Waals surface area contributed by atoms with Crippen molar-refractivity contribution in [3.8, 4) is 0 Å². The Balaban J connectivity index is 1.28. The summed E-state index contributed by atoms with van der Waals surface area (Å²) in [5, 5.41) is 15.1. The van der Waals surface area contributed by atoms with Gasteiger partial charge in [-0.15, -0.1) is 10.2 Å². The monoisotopic (exact) mass is 558 g/mol. The Hall–Kier alpha value is -4.25. The first-order chi connectivity index (χ1) is 19.7. The Morgan fingerprint density at radius 3 is 2.29 bits per heavy atom. The fourth-order valence-corrected chi connectivity index (χ4v) is 5.07. The number of nitrogens with one attached hydrogen (secondary N) is 2. The highest BCUT2D eigenvalue weighted by Crippen LogP contribution is 2.26. The number of amides is 2. The van der Waals surface area contributed by atoms with Crippen molar-refractivity contribution < 1.29 is 14.3 Å². The first-order valence-electron chi connectivity index (χ1n) is 14.1. The molecule has 0 aliphatic carbocycles. The molecular weight excluding hydrogens is 520 g/mol. The lowest BCUT2D eigenvalue weighted by Gasteiger charge is -2.33. The second kappa shape index (κ2) is 12.1. The lowest BCUT2D eigenvalue weighted by atomic mass is 9.87. The second-order valence-electron chi connectivity index (χ2n) is 11.5. The SMILES string of the molecule is CC(C)(C)c1ccc(N[C@@H]2CCCN(c3nnc(C(N)=O)c(Nc4ccc(C(=O)N5CCOCC5)cc4)n3)C2)cc1. The van der Waals surface area contributed by atoms with Crippen molar-refractivity contribution in [2.75, 3.05) is 54.9 Å². The molecule has 3 heterocycles. The van der Waals surface area contributed by atoms with Crippen LogP contribution in [0.1, 0.15) is 60.0 Å². The van der Waals surface area contributed by atoms with Gasteiger partial charge < -0.3 is 30.9 Å². The van der Waals surface area contributed by atoms with E-state index in [-0.39, 0.29) is 28.9 Å². The van der Waals surface area contributed by atoms with E-state index in [4.69, 9.17) is 10.5 Å². The van der Waals surface area contributed by atoms with Gasteiger partial charge in [0.1, 0.15) is 0 Å². The van der Waals surface area contributed by atoms with Gasteiger partial charge in [0.05, 0.1) is 13.2 Å². The summed E-state index contributed by atoms with van der Waals surface area (Å²) >= 11 is 0. The van der Waals surface area contributed by atoms with Crippen LogP contribution >= 0.6 is 0 Å². The number of rotatable bonds is 7. The van der Waals surface area contributed by atoms with Crippen molar-refractivity contribution in [1.82, 2.24) is 20.1 Å². The molecule has 4 N–H and O–H groups in total. The standard InChI is InChI=1S/C30H38N8O3/c1-30(2,3)21-8-12-22(13-9-21)32-24-5-4-14-38(19-24)29-34-27(25(26(31)39)35-36-29)33-23-10-6-20(7-11-23)28(40)37-15-17-41-18-16-37/h6-13,24,32H,4-5,14-19H2,1-3H3,(H2,31,39)(H,33,34,36)/t24-/m1/s1. The van der Waals surface area contributed by atoms with Crippen LogP contribution in [0.3, 0.4) is 0 Å². The molecule has 0 spiro atoms. The quantitative estimate of drug-likeness (QED) is 0.397. The van der Waals surface area contributed by atoms with Gasteiger partial charge in [-0.1, -0.05) is 32.9 Å². The van der Waals surface area contributed by atoms with Gasteiger partial charge in [-0.05, 0) is 60.2 Å². The maximum Gasteiger partial charge on any atom is 0.273 e. The first-order valence-corrected chi connectivity index (χ1v) is 14.1. The van der Waals surface area contributed by atoms with Crippen molar-refractivity contribution in [3.63, 3.8) is 0 Å². The van der Waals surface area contributed by atoms with Crippen molar-refractivity contribution in [1.29, 1.82) is 0 Å². The Kier molecular flexibility index (Phi) is 8.34. The van der Waals surface area contributed by atoms with Gasteiger partial charge in [0, 0.05) is 49.2 Å². The molecule has 2 aliphatic rings. The molecule has 2 aromatic carbocycles. The van der Waals surface area contributed by atoms with Gasteiger partial charge in [0.25, 0.3) is 11.8 Å². The summed E-state index contributed by atoms with van der Waals surface area (Å²) in [4.78, 5) is 33.4. The predicted octanol–water partition coefficient (Wildman–Crippen LogP) is 3.56. The normalized spacial score (nSPS) is 17.7. The zero-order valence-electron chi connectivity index (χ0n) is 23.9. The highest BCUT2D eigenvalue weighted by Gasteiger charge is 2.25. The molecule has 2 fully saturated rings. The zero-order chi connectivity index (χ0) is 29.0. The van der Waals surface area contributed by atoms with Crippen LogP contribution < -0.4 is 21.3 Å². The molecule has 1 atom stereocenters. The van der Waals surface area contributed by atoms with Gasteiger partial charge in [0.2, 0.25) is 5.95 Å². The van der Waals surface area contributed by atoms with E-state index in [0.717, 1.165) is 25.1 Å². The number of anilines is 4. The van der Waals surface area contributed by atoms with Crippen molar-refractivity contribution in [2.24, 2.45) is 5.73 Å². The summed E-state index contributed by atoms with van der Waals surface area (Å²) in [6.45, 7) is 10.3. The molecule has 11 heteroatoms. The number of carbonyl (C=O) groups excluding carboxylic acids is 2. The Bertz CT molecular complexity index is 1370. The first kappa shape index (κ1) is 28.3. The van der Waals surface area contributed by atoms with E-state index in [9.17, 15) is 9.59 Å². The largest absolute Gasteiger partial charge is 0.381 e. The molecule has 2 amide bonds. The smallest absolute Gasteiger partial charge is 0.273 e. The topological polar surface area (TPSA) is 139 Å². The molecule has 2 saturated heterocycles. The van der Waals surface area contributed by atoms with Gasteiger partial charge in [-0.2, -0.15) is 4.98 Å². The van der Waals surface area contributed by atoms with Crippen LogP contribution in [0.15, 0.2) is 48.5 Å². The number of hydrogen-bond donors (Lipinski definition) is 3. The third-order valence-corrected chi connectivity index (χ3v) is 7.43. The van der Waals surface area contributed by atoms with Crippen LogP contribution in [0, 0.1) is 0 Å². The number of nitrogens with zero attached hydrogens (tertiary/aromatic N) is 5. The van der Waals surface area contributed by atoms with E-state index >= 15 is 0 Å². The highest BCUT2D eigenvalue weighted by atomic mass is 16.5. The maximum atomic E-state index is 12.8. The molecule has 5 rings (SSSR count). The van der Waals surface area contributed by atoms with Crippen LogP contribution in [0.4, 0.5) is 23.1 Å². The van der Waals surface area contributed by atoms with Gasteiger partial charge in [-0.25, -0.2) is 0 Å². The third kappa shape index (κ3) is 6.91. The summed E-state index contributed by atoms with van der Waals surface area (Å²) < 4.78 is 5.33. The number of hydrogen-bond acceptors (Lipinski definition) is 9. The predicted molar refractivity (Wildman–Crippen MR) is 159 cm³/mol. The number of ether oxygens (including phenoxy) is 1. The zero-order valence-corrected chi connectivity index (χ0v) is 23.9. The van der Waals surface area contributed by atoms with Crippen molar-refractivity contribution in [3.05, 3.63) is 65.4 Å². The van der Waals surface area contributed by atoms with E-state index in [1.807, 2.05) is 0 Å². The molecule has 11 nitrogen and oxygen atoms in total. The van der Waals surface area contributed by atoms with Crippen LogP contribution in [0.25, 0.3) is 0 Å². The summed E-state index contributed by atoms with van der Waals surface area (Å²) in [7, 11) is 0. The highest BCUT2D eigenvalue weighted by molar-refractivity contribution is 5.97. The van der Waals surface area contributed by atoms with Crippen LogP contribution in [0.5, 0.6) is 0 Å². The number of nitrogens with two attached hydrogens (primary N) is 1. The Labute approximate surface area is 240 Å². The molecule has 2 aliphatic heterocycles. The molecule has 1 aromatic heterocycles. The average Bonchev–Trinajstić information content (AvgIpc) is 2.97. The number of morpholine rings is 1.